The summed E-state index contributed by atoms with van der Waals surface area (Å²) in [6.07, 6.45) is 0.897. The molecule has 28 heavy (non-hydrogen) atoms. The third-order valence-corrected chi connectivity index (χ3v) is 4.50. The van der Waals surface area contributed by atoms with Gasteiger partial charge in [-0.1, -0.05) is 6.92 Å². The van der Waals surface area contributed by atoms with Gasteiger partial charge in [-0.15, -0.1) is 0 Å². The van der Waals surface area contributed by atoms with Gasteiger partial charge in [-0.3, -0.25) is 9.67 Å². The molecule has 152 valence electrons. The van der Waals surface area contributed by atoms with Gasteiger partial charge in [0.1, 0.15) is 0 Å². The fourth-order valence-corrected chi connectivity index (χ4v) is 3.14. The lowest BCUT2D eigenvalue weighted by molar-refractivity contribution is 0.297. The summed E-state index contributed by atoms with van der Waals surface area (Å²) in [7, 11) is 0. The molecule has 1 aliphatic rings. The second kappa shape index (κ2) is 9.48. The highest BCUT2D eigenvalue weighted by Gasteiger charge is 2.12. The summed E-state index contributed by atoms with van der Waals surface area (Å²) in [6, 6.07) is 8.00. The summed E-state index contributed by atoms with van der Waals surface area (Å²) in [6.45, 7) is 12.1. The Hall–Kier alpha value is -2.70. The van der Waals surface area contributed by atoms with E-state index >= 15 is 0 Å². The Morgan fingerprint density at radius 1 is 1.21 bits per heavy atom. The van der Waals surface area contributed by atoms with Crippen molar-refractivity contribution in [1.82, 2.24) is 15.1 Å². The first-order chi connectivity index (χ1) is 13.5. The minimum absolute atomic E-state index is 0.372. The number of hydrogen-bond donors (Lipinski definition) is 2. The molecule has 0 bridgehead atoms. The highest BCUT2D eigenvalue weighted by atomic mass is 16.5. The van der Waals surface area contributed by atoms with Gasteiger partial charge in [0.15, 0.2) is 17.5 Å². The van der Waals surface area contributed by atoms with Crippen LogP contribution in [-0.4, -0.2) is 42.0 Å². The van der Waals surface area contributed by atoms with Crippen molar-refractivity contribution in [2.24, 2.45) is 10.9 Å². The number of nitrogens with zero attached hydrogens (tertiary/aromatic N) is 3. The number of nitrogens with one attached hydrogen (secondary N) is 2. The molecule has 1 aromatic heterocycles. The number of aromatic nitrogens is 2. The van der Waals surface area contributed by atoms with Gasteiger partial charge in [-0.2, -0.15) is 5.10 Å². The Labute approximate surface area is 167 Å². The highest BCUT2D eigenvalue weighted by Crippen LogP contribution is 2.32. The van der Waals surface area contributed by atoms with E-state index in [1.807, 2.05) is 25.1 Å². The van der Waals surface area contributed by atoms with Crippen LogP contribution in [0.4, 0.5) is 5.69 Å². The average Bonchev–Trinajstić information content (AvgIpc) is 2.85. The van der Waals surface area contributed by atoms with E-state index in [9.17, 15) is 0 Å². The van der Waals surface area contributed by atoms with E-state index in [2.05, 4.69) is 47.3 Å². The lowest BCUT2D eigenvalue weighted by Gasteiger charge is -2.15. The number of aryl methyl sites for hydroxylation is 2. The molecular weight excluding hydrogens is 354 g/mol. The number of guanidine groups is 1. The molecule has 2 aromatic rings. The van der Waals surface area contributed by atoms with Crippen LogP contribution in [0.3, 0.4) is 0 Å². The number of fused-ring (bicyclic) bond motifs is 1. The maximum absolute atomic E-state index is 5.77. The van der Waals surface area contributed by atoms with Gasteiger partial charge < -0.3 is 20.1 Å². The van der Waals surface area contributed by atoms with E-state index in [4.69, 9.17) is 14.5 Å². The van der Waals surface area contributed by atoms with Crippen LogP contribution >= 0.6 is 0 Å². The lowest BCUT2D eigenvalue weighted by atomic mass is 10.2. The van der Waals surface area contributed by atoms with Crippen LogP contribution in [0, 0.1) is 19.8 Å². The molecule has 0 radical (unpaired) electrons. The first kappa shape index (κ1) is 20.0. The summed E-state index contributed by atoms with van der Waals surface area (Å²) in [5.41, 5.74) is 3.17. The van der Waals surface area contributed by atoms with Crippen molar-refractivity contribution in [3.8, 4) is 11.5 Å². The molecule has 1 unspecified atom stereocenters. The maximum atomic E-state index is 5.77. The molecule has 0 spiro atoms. The zero-order valence-electron chi connectivity index (χ0n) is 17.3. The van der Waals surface area contributed by atoms with Crippen LogP contribution in [-0.2, 0) is 6.54 Å². The number of ether oxygens (including phenoxy) is 2. The zero-order chi connectivity index (χ0) is 19.9. The fourth-order valence-electron chi connectivity index (χ4n) is 3.14. The van der Waals surface area contributed by atoms with E-state index < -0.39 is 0 Å². The molecule has 2 N–H and O–H groups in total. The summed E-state index contributed by atoms with van der Waals surface area (Å²) in [5, 5.41) is 11.2. The molecule has 0 fully saturated rings. The first-order valence-electron chi connectivity index (χ1n) is 10.0. The molecule has 2 heterocycles. The predicted octanol–water partition coefficient (Wildman–Crippen LogP) is 3.37. The maximum Gasteiger partial charge on any atom is 0.195 e. The molecule has 7 heteroatoms. The van der Waals surface area contributed by atoms with Crippen LogP contribution in [0.25, 0.3) is 0 Å². The van der Waals surface area contributed by atoms with E-state index in [0.29, 0.717) is 25.7 Å². The first-order valence-corrected chi connectivity index (χ1v) is 10.0. The molecule has 0 aliphatic carbocycles. The van der Waals surface area contributed by atoms with Gasteiger partial charge in [0.05, 0.1) is 18.9 Å². The number of rotatable bonds is 6. The minimum Gasteiger partial charge on any atom is -0.490 e. The van der Waals surface area contributed by atoms with Crippen molar-refractivity contribution in [3.05, 3.63) is 35.7 Å². The normalized spacial score (nSPS) is 15.1. The minimum atomic E-state index is 0.372. The summed E-state index contributed by atoms with van der Waals surface area (Å²) < 4.78 is 13.5. The van der Waals surface area contributed by atoms with E-state index in [-0.39, 0.29) is 0 Å². The van der Waals surface area contributed by atoms with Gasteiger partial charge in [0.25, 0.3) is 0 Å². The second-order valence-electron chi connectivity index (χ2n) is 7.27. The molecule has 1 atom stereocenters. The summed E-state index contributed by atoms with van der Waals surface area (Å²) >= 11 is 0. The third-order valence-electron chi connectivity index (χ3n) is 4.50. The van der Waals surface area contributed by atoms with Crippen molar-refractivity contribution in [2.45, 2.75) is 40.7 Å². The fraction of sp³-hybridized carbons (Fsp3) is 0.524. The van der Waals surface area contributed by atoms with Crippen molar-refractivity contribution in [2.75, 3.05) is 31.6 Å². The van der Waals surface area contributed by atoms with E-state index in [1.54, 1.807) is 0 Å². The monoisotopic (exact) mass is 385 g/mol. The number of hydrogen-bond acceptors (Lipinski definition) is 4. The average molecular weight is 386 g/mol. The Morgan fingerprint density at radius 3 is 2.71 bits per heavy atom. The van der Waals surface area contributed by atoms with Crippen molar-refractivity contribution < 1.29 is 9.47 Å². The SMILES string of the molecule is CCNC(=NCC(C)Cn1nc(C)cc1C)Nc1ccc2c(c1)OCCCO2. The summed E-state index contributed by atoms with van der Waals surface area (Å²) in [5.74, 6) is 2.70. The predicted molar refractivity (Wildman–Crippen MR) is 113 cm³/mol. The third kappa shape index (κ3) is 5.41. The molecule has 0 saturated carbocycles. The molecule has 0 saturated heterocycles. The van der Waals surface area contributed by atoms with Crippen LogP contribution in [0.1, 0.15) is 31.7 Å². The van der Waals surface area contributed by atoms with Gasteiger partial charge in [0, 0.05) is 43.5 Å². The number of anilines is 1. The Morgan fingerprint density at radius 2 is 2.00 bits per heavy atom. The van der Waals surface area contributed by atoms with Crippen LogP contribution in [0.5, 0.6) is 11.5 Å². The van der Waals surface area contributed by atoms with Crippen LogP contribution in [0.2, 0.25) is 0 Å². The van der Waals surface area contributed by atoms with Crippen LogP contribution in [0.15, 0.2) is 29.3 Å². The number of benzene rings is 1. The van der Waals surface area contributed by atoms with Gasteiger partial charge in [-0.25, -0.2) is 0 Å². The molecule has 7 nitrogen and oxygen atoms in total. The van der Waals surface area contributed by atoms with Crippen molar-refractivity contribution in [3.63, 3.8) is 0 Å². The standard InChI is InChI=1S/C21H31N5O2/c1-5-22-21(23-13-15(2)14-26-17(4)11-16(3)25-26)24-18-7-8-19-20(12-18)28-10-6-9-27-19/h7-8,11-12,15H,5-6,9-10,13-14H2,1-4H3,(H2,22,23,24). The Kier molecular flexibility index (Phi) is 6.79. The molecular formula is C21H31N5O2. The Balaban J connectivity index is 1.64. The topological polar surface area (TPSA) is 72.7 Å². The molecule has 3 rings (SSSR count). The van der Waals surface area contributed by atoms with E-state index in [0.717, 1.165) is 48.4 Å². The quantitative estimate of drug-likeness (QED) is 0.589. The smallest absolute Gasteiger partial charge is 0.195 e. The summed E-state index contributed by atoms with van der Waals surface area (Å²) in [4.78, 5) is 4.75. The highest BCUT2D eigenvalue weighted by molar-refractivity contribution is 5.93. The van der Waals surface area contributed by atoms with Crippen molar-refractivity contribution in [1.29, 1.82) is 0 Å². The largest absolute Gasteiger partial charge is 0.490 e. The van der Waals surface area contributed by atoms with E-state index in [1.165, 1.54) is 5.69 Å². The molecule has 0 amide bonds. The van der Waals surface area contributed by atoms with Crippen molar-refractivity contribution >= 4 is 11.6 Å². The second-order valence-corrected chi connectivity index (χ2v) is 7.27. The van der Waals surface area contributed by atoms with Gasteiger partial charge in [-0.05, 0) is 44.9 Å². The Bertz CT molecular complexity index is 815. The molecule has 1 aromatic carbocycles. The lowest BCUT2D eigenvalue weighted by Crippen LogP contribution is -2.31. The van der Waals surface area contributed by atoms with Crippen LogP contribution < -0.4 is 20.1 Å². The van der Waals surface area contributed by atoms with Gasteiger partial charge in [0.2, 0.25) is 0 Å². The number of aliphatic imine (C=N–C) groups is 1. The molecule has 1 aliphatic heterocycles. The zero-order valence-corrected chi connectivity index (χ0v) is 17.3. The van der Waals surface area contributed by atoms with Gasteiger partial charge >= 0.3 is 0 Å².